The lowest BCUT2D eigenvalue weighted by Crippen LogP contribution is -2.28. The van der Waals surface area contributed by atoms with Gasteiger partial charge >= 0.3 is 0 Å². The van der Waals surface area contributed by atoms with Crippen LogP contribution in [0.25, 0.3) is 6.08 Å². The van der Waals surface area contributed by atoms with E-state index in [1.807, 2.05) is 97.9 Å². The monoisotopic (exact) mass is 493 g/mol. The summed E-state index contributed by atoms with van der Waals surface area (Å²) in [6, 6.07) is 28.7. The maximum Gasteiger partial charge on any atom is 0.267 e. The topological polar surface area (TPSA) is 67.4 Å². The van der Waals surface area contributed by atoms with Crippen LogP contribution < -0.4 is 4.74 Å². The fraction of sp³-hybridized carbons (Fsp3) is 0.0690. The van der Waals surface area contributed by atoms with Crippen molar-refractivity contribution in [2.75, 3.05) is 0 Å². The van der Waals surface area contributed by atoms with Crippen LogP contribution >= 0.6 is 11.8 Å². The van der Waals surface area contributed by atoms with E-state index in [1.165, 1.54) is 11.8 Å². The molecule has 178 valence electrons. The first kappa shape index (κ1) is 23.4. The lowest BCUT2D eigenvalue weighted by atomic mass is 10.1. The third kappa shape index (κ3) is 5.64. The molecular formula is C29H23N3O3S. The van der Waals surface area contributed by atoms with E-state index in [1.54, 1.807) is 23.4 Å². The van der Waals surface area contributed by atoms with Crippen molar-refractivity contribution >= 4 is 35.1 Å². The molecule has 1 saturated heterocycles. The van der Waals surface area contributed by atoms with Gasteiger partial charge < -0.3 is 9.15 Å². The lowest BCUT2D eigenvalue weighted by Gasteiger charge is -2.12. The summed E-state index contributed by atoms with van der Waals surface area (Å²) in [5, 5.41) is 9.15. The van der Waals surface area contributed by atoms with Crippen molar-refractivity contribution in [2.24, 2.45) is 10.2 Å². The molecule has 0 saturated carbocycles. The molecule has 0 N–H and O–H groups in total. The molecular weight excluding hydrogens is 470 g/mol. The molecule has 6 nitrogen and oxygen atoms in total. The Morgan fingerprint density at radius 2 is 1.75 bits per heavy atom. The minimum absolute atomic E-state index is 0.157. The van der Waals surface area contributed by atoms with Gasteiger partial charge in [0.1, 0.15) is 17.3 Å². The zero-order chi connectivity index (χ0) is 24.7. The van der Waals surface area contributed by atoms with E-state index >= 15 is 0 Å². The fourth-order valence-electron chi connectivity index (χ4n) is 3.60. The lowest BCUT2D eigenvalue weighted by molar-refractivity contribution is -0.122. The summed E-state index contributed by atoms with van der Waals surface area (Å²) in [6.07, 6.45) is 5.13. The number of ether oxygens (including phenoxy) is 1. The van der Waals surface area contributed by atoms with Crippen molar-refractivity contribution < 1.29 is 13.9 Å². The number of hydrogen-bond donors (Lipinski definition) is 0. The number of thioether (sulfide) groups is 1. The predicted octanol–water partition coefficient (Wildman–Crippen LogP) is 6.89. The molecule has 1 fully saturated rings. The van der Waals surface area contributed by atoms with Crippen LogP contribution in [0.4, 0.5) is 0 Å². The maximum absolute atomic E-state index is 13.3. The molecule has 0 unspecified atom stereocenters. The molecule has 4 aromatic rings. The van der Waals surface area contributed by atoms with Crippen LogP contribution in [-0.2, 0) is 11.3 Å². The SMILES string of the molecule is Cc1ccccc1/C=N\N=C1\S/C(=C\c2cccc(Oc3ccccc3)c2)C(=O)N1Cc1ccco1. The Morgan fingerprint density at radius 1 is 0.944 bits per heavy atom. The largest absolute Gasteiger partial charge is 0.467 e. The highest BCUT2D eigenvalue weighted by Gasteiger charge is 2.34. The van der Waals surface area contributed by atoms with Crippen LogP contribution in [0, 0.1) is 6.92 Å². The number of rotatable bonds is 7. The Balaban J connectivity index is 1.41. The van der Waals surface area contributed by atoms with Crippen molar-refractivity contribution in [1.82, 2.24) is 4.90 Å². The number of hydrogen-bond acceptors (Lipinski definition) is 6. The Bertz CT molecular complexity index is 1440. The molecule has 1 aromatic heterocycles. The van der Waals surface area contributed by atoms with Gasteiger partial charge in [-0.2, -0.15) is 5.10 Å². The second-order valence-corrected chi connectivity index (χ2v) is 9.06. The minimum atomic E-state index is -0.157. The van der Waals surface area contributed by atoms with Crippen LogP contribution in [0.1, 0.15) is 22.5 Å². The first-order valence-electron chi connectivity index (χ1n) is 11.4. The highest BCUT2D eigenvalue weighted by molar-refractivity contribution is 8.18. The minimum Gasteiger partial charge on any atom is -0.467 e. The third-order valence-corrected chi connectivity index (χ3v) is 6.44. The Kier molecular flexibility index (Phi) is 7.10. The average molecular weight is 494 g/mol. The molecule has 0 atom stereocenters. The van der Waals surface area contributed by atoms with Gasteiger partial charge in [0.25, 0.3) is 5.91 Å². The van der Waals surface area contributed by atoms with Crippen LogP contribution in [0.15, 0.2) is 117 Å². The Labute approximate surface area is 213 Å². The number of carbonyl (C=O) groups excluding carboxylic acids is 1. The number of para-hydroxylation sites is 1. The summed E-state index contributed by atoms with van der Waals surface area (Å²) in [7, 11) is 0. The second-order valence-electron chi connectivity index (χ2n) is 8.05. The maximum atomic E-state index is 13.3. The Morgan fingerprint density at radius 3 is 2.56 bits per heavy atom. The van der Waals surface area contributed by atoms with E-state index < -0.39 is 0 Å². The first-order chi connectivity index (χ1) is 17.7. The zero-order valence-electron chi connectivity index (χ0n) is 19.6. The smallest absolute Gasteiger partial charge is 0.267 e. The molecule has 0 aliphatic carbocycles. The number of benzene rings is 3. The van der Waals surface area contributed by atoms with E-state index in [-0.39, 0.29) is 12.5 Å². The molecule has 2 heterocycles. The molecule has 3 aromatic carbocycles. The van der Waals surface area contributed by atoms with E-state index in [0.717, 1.165) is 22.4 Å². The molecule has 0 radical (unpaired) electrons. The van der Waals surface area contributed by atoms with Crippen molar-refractivity contribution in [3.8, 4) is 11.5 Å². The summed E-state index contributed by atoms with van der Waals surface area (Å²) in [4.78, 5) is 15.5. The van der Waals surface area contributed by atoms with Crippen LogP contribution in [0.3, 0.4) is 0 Å². The van der Waals surface area contributed by atoms with Crippen LogP contribution in [0.5, 0.6) is 11.5 Å². The number of furan rings is 1. The van der Waals surface area contributed by atoms with E-state index in [4.69, 9.17) is 9.15 Å². The third-order valence-electron chi connectivity index (χ3n) is 5.45. The summed E-state index contributed by atoms with van der Waals surface area (Å²) in [6.45, 7) is 2.29. The summed E-state index contributed by atoms with van der Waals surface area (Å²) in [5.74, 6) is 1.95. The van der Waals surface area contributed by atoms with Crippen molar-refractivity contribution in [1.29, 1.82) is 0 Å². The van der Waals surface area contributed by atoms with E-state index in [9.17, 15) is 4.79 Å². The standard InChI is InChI=1S/C29H23N3O3S/c1-21-9-5-6-11-23(21)19-30-31-29-32(20-26-15-8-16-34-26)28(33)27(36-29)18-22-10-7-14-25(17-22)35-24-12-3-2-4-13-24/h2-19H,20H2,1H3/b27-18-,30-19-,31-29+. The number of amides is 1. The molecule has 5 rings (SSSR count). The van der Waals surface area contributed by atoms with Gasteiger partial charge in [-0.3, -0.25) is 9.69 Å². The van der Waals surface area contributed by atoms with E-state index in [2.05, 4.69) is 10.2 Å². The van der Waals surface area contributed by atoms with Gasteiger partial charge in [-0.25, -0.2) is 0 Å². The van der Waals surface area contributed by atoms with Crippen molar-refractivity contribution in [2.45, 2.75) is 13.5 Å². The highest BCUT2D eigenvalue weighted by atomic mass is 32.2. The van der Waals surface area contributed by atoms with Crippen molar-refractivity contribution in [3.63, 3.8) is 0 Å². The molecule has 36 heavy (non-hydrogen) atoms. The number of nitrogens with zero attached hydrogens (tertiary/aromatic N) is 3. The van der Waals surface area contributed by atoms with E-state index in [0.29, 0.717) is 21.6 Å². The summed E-state index contributed by atoms with van der Waals surface area (Å²) >= 11 is 1.28. The highest BCUT2D eigenvalue weighted by Crippen LogP contribution is 2.34. The van der Waals surface area contributed by atoms with Gasteiger partial charge in [-0.1, -0.05) is 54.6 Å². The van der Waals surface area contributed by atoms with Crippen molar-refractivity contribution in [3.05, 3.63) is 125 Å². The summed E-state index contributed by atoms with van der Waals surface area (Å²) in [5.41, 5.74) is 2.92. The second kappa shape index (κ2) is 10.9. The Hall–Kier alpha value is -4.36. The molecule has 1 aliphatic heterocycles. The molecule has 1 amide bonds. The predicted molar refractivity (Wildman–Crippen MR) is 144 cm³/mol. The molecule has 0 spiro atoms. The van der Waals surface area contributed by atoms with Gasteiger partial charge in [-0.05, 0) is 77.9 Å². The number of carbonyl (C=O) groups is 1. The van der Waals surface area contributed by atoms with Gasteiger partial charge in [0.2, 0.25) is 0 Å². The quantitative estimate of drug-likeness (QED) is 0.160. The number of aryl methyl sites for hydroxylation is 1. The zero-order valence-corrected chi connectivity index (χ0v) is 20.4. The molecule has 0 bridgehead atoms. The van der Waals surface area contributed by atoms with Crippen LogP contribution in [0.2, 0.25) is 0 Å². The summed E-state index contributed by atoms with van der Waals surface area (Å²) < 4.78 is 11.4. The van der Waals surface area contributed by atoms with Gasteiger partial charge in [-0.15, -0.1) is 5.10 Å². The molecule has 7 heteroatoms. The van der Waals surface area contributed by atoms with Gasteiger partial charge in [0.05, 0.1) is 23.9 Å². The normalized spacial score (nSPS) is 15.9. The van der Waals surface area contributed by atoms with Gasteiger partial charge in [0, 0.05) is 0 Å². The van der Waals surface area contributed by atoms with Gasteiger partial charge in [0.15, 0.2) is 5.17 Å². The van der Waals surface area contributed by atoms with Crippen LogP contribution in [-0.4, -0.2) is 22.2 Å². The molecule has 1 aliphatic rings. The number of amidine groups is 1. The average Bonchev–Trinajstić information content (AvgIpc) is 3.50. The fourth-order valence-corrected chi connectivity index (χ4v) is 4.53. The first-order valence-corrected chi connectivity index (χ1v) is 12.2.